The molecule has 1 aliphatic carbocycles. The Morgan fingerprint density at radius 1 is 1.45 bits per heavy atom. The lowest BCUT2D eigenvalue weighted by Crippen LogP contribution is -2.36. The van der Waals surface area contributed by atoms with Crippen LogP contribution in [0.4, 0.5) is 0 Å². The molecule has 0 saturated carbocycles. The van der Waals surface area contributed by atoms with Gasteiger partial charge in [-0.25, -0.2) is 0 Å². The van der Waals surface area contributed by atoms with Gasteiger partial charge in [-0.2, -0.15) is 0 Å². The standard InChI is InChI=1S/C16H21N3O/c1-19-14-5-3-2-4-12(14)13-10-11(6-7-15(13)19)16(20)18-9-8-17/h2-5,11H,6-10,17H2,1H3,(H,18,20). The normalized spacial score (nSPS) is 18.0. The Balaban J connectivity index is 1.91. The molecule has 106 valence electrons. The van der Waals surface area contributed by atoms with Gasteiger partial charge < -0.3 is 15.6 Å². The molecule has 1 heterocycles. The van der Waals surface area contributed by atoms with Gasteiger partial charge in [-0.1, -0.05) is 18.2 Å². The molecule has 0 aliphatic heterocycles. The molecule has 1 amide bonds. The van der Waals surface area contributed by atoms with E-state index < -0.39 is 0 Å². The zero-order chi connectivity index (χ0) is 14.1. The number of nitrogens with one attached hydrogen (secondary N) is 1. The Hall–Kier alpha value is -1.81. The lowest BCUT2D eigenvalue weighted by Gasteiger charge is -2.22. The summed E-state index contributed by atoms with van der Waals surface area (Å²) < 4.78 is 2.28. The molecular weight excluding hydrogens is 250 g/mol. The summed E-state index contributed by atoms with van der Waals surface area (Å²) in [5.74, 6) is 0.230. The Kier molecular flexibility index (Phi) is 3.49. The molecule has 4 nitrogen and oxygen atoms in total. The van der Waals surface area contributed by atoms with Crippen LogP contribution >= 0.6 is 0 Å². The van der Waals surface area contributed by atoms with Crippen LogP contribution in [0.5, 0.6) is 0 Å². The SMILES string of the molecule is Cn1c2c(c3ccccc31)CC(C(=O)NCCN)CC2. The molecular formula is C16H21N3O. The third kappa shape index (κ3) is 2.10. The molecule has 1 atom stereocenters. The molecule has 2 aromatic rings. The second-order valence-corrected chi connectivity index (χ2v) is 5.52. The zero-order valence-electron chi connectivity index (χ0n) is 11.9. The Morgan fingerprint density at radius 2 is 2.25 bits per heavy atom. The Morgan fingerprint density at radius 3 is 3.05 bits per heavy atom. The highest BCUT2D eigenvalue weighted by Crippen LogP contribution is 2.33. The molecule has 0 saturated heterocycles. The van der Waals surface area contributed by atoms with Crippen LogP contribution < -0.4 is 11.1 Å². The lowest BCUT2D eigenvalue weighted by molar-refractivity contribution is -0.125. The van der Waals surface area contributed by atoms with Gasteiger partial charge in [0.15, 0.2) is 0 Å². The lowest BCUT2D eigenvalue weighted by atomic mass is 9.85. The number of nitrogens with two attached hydrogens (primary N) is 1. The van der Waals surface area contributed by atoms with Crippen molar-refractivity contribution in [2.45, 2.75) is 19.3 Å². The zero-order valence-corrected chi connectivity index (χ0v) is 11.9. The minimum absolute atomic E-state index is 0.0832. The first-order valence-corrected chi connectivity index (χ1v) is 7.25. The summed E-state index contributed by atoms with van der Waals surface area (Å²) in [6.07, 6.45) is 2.74. The molecule has 3 N–H and O–H groups in total. The second kappa shape index (κ2) is 5.29. The largest absolute Gasteiger partial charge is 0.355 e. The van der Waals surface area contributed by atoms with Gasteiger partial charge in [-0.3, -0.25) is 4.79 Å². The van der Waals surface area contributed by atoms with Crippen LogP contribution in [0.3, 0.4) is 0 Å². The Labute approximate surface area is 118 Å². The fraction of sp³-hybridized carbons (Fsp3) is 0.438. The summed E-state index contributed by atoms with van der Waals surface area (Å²) in [6.45, 7) is 1.07. The van der Waals surface area contributed by atoms with Gasteiger partial charge in [0, 0.05) is 42.7 Å². The van der Waals surface area contributed by atoms with Crippen molar-refractivity contribution < 1.29 is 4.79 Å². The first-order chi connectivity index (χ1) is 9.72. The monoisotopic (exact) mass is 271 g/mol. The van der Waals surface area contributed by atoms with E-state index in [9.17, 15) is 4.79 Å². The number of nitrogens with zero attached hydrogens (tertiary/aromatic N) is 1. The topological polar surface area (TPSA) is 60.0 Å². The van der Waals surface area contributed by atoms with Crippen LogP contribution in [-0.2, 0) is 24.7 Å². The summed E-state index contributed by atoms with van der Waals surface area (Å²) in [5, 5.41) is 4.21. The van der Waals surface area contributed by atoms with Crippen molar-refractivity contribution in [3.8, 4) is 0 Å². The van der Waals surface area contributed by atoms with E-state index in [2.05, 4.69) is 41.2 Å². The van der Waals surface area contributed by atoms with E-state index in [0.29, 0.717) is 13.1 Å². The minimum Gasteiger partial charge on any atom is -0.355 e. The predicted molar refractivity (Wildman–Crippen MR) is 80.5 cm³/mol. The van der Waals surface area contributed by atoms with Gasteiger partial charge >= 0.3 is 0 Å². The van der Waals surface area contributed by atoms with Crippen LogP contribution in [0.15, 0.2) is 24.3 Å². The van der Waals surface area contributed by atoms with Crippen molar-refractivity contribution in [2.24, 2.45) is 18.7 Å². The summed E-state index contributed by atoms with van der Waals surface area (Å²) in [7, 11) is 2.12. The second-order valence-electron chi connectivity index (χ2n) is 5.52. The molecule has 0 spiro atoms. The van der Waals surface area contributed by atoms with Crippen LogP contribution in [0, 0.1) is 5.92 Å². The number of aryl methyl sites for hydroxylation is 1. The smallest absolute Gasteiger partial charge is 0.223 e. The maximum absolute atomic E-state index is 12.1. The third-order valence-electron chi connectivity index (χ3n) is 4.34. The molecule has 0 bridgehead atoms. The van der Waals surface area contributed by atoms with Gasteiger partial charge in [-0.15, -0.1) is 0 Å². The number of benzene rings is 1. The molecule has 1 unspecified atom stereocenters. The van der Waals surface area contributed by atoms with E-state index in [-0.39, 0.29) is 11.8 Å². The number of carbonyl (C=O) groups excluding carboxylic acids is 1. The van der Waals surface area contributed by atoms with E-state index in [0.717, 1.165) is 19.3 Å². The molecule has 3 rings (SSSR count). The van der Waals surface area contributed by atoms with Gasteiger partial charge in [0.05, 0.1) is 0 Å². The molecule has 0 fully saturated rings. The Bertz CT molecular complexity index is 644. The number of carbonyl (C=O) groups is 1. The highest BCUT2D eigenvalue weighted by Gasteiger charge is 2.28. The van der Waals surface area contributed by atoms with E-state index in [4.69, 9.17) is 5.73 Å². The average Bonchev–Trinajstić information content (AvgIpc) is 2.78. The summed E-state index contributed by atoms with van der Waals surface area (Å²) in [6, 6.07) is 8.45. The fourth-order valence-electron chi connectivity index (χ4n) is 3.29. The number of hydrogen-bond donors (Lipinski definition) is 2. The van der Waals surface area contributed by atoms with Crippen molar-refractivity contribution in [2.75, 3.05) is 13.1 Å². The number of hydrogen-bond acceptors (Lipinski definition) is 2. The van der Waals surface area contributed by atoms with Crippen LogP contribution in [0.1, 0.15) is 17.7 Å². The van der Waals surface area contributed by atoms with Crippen molar-refractivity contribution >= 4 is 16.8 Å². The van der Waals surface area contributed by atoms with Crippen LogP contribution in [-0.4, -0.2) is 23.6 Å². The molecule has 1 aromatic heterocycles. The third-order valence-corrected chi connectivity index (χ3v) is 4.34. The average molecular weight is 271 g/mol. The first kappa shape index (κ1) is 13.2. The van der Waals surface area contributed by atoms with Crippen LogP contribution in [0.2, 0.25) is 0 Å². The van der Waals surface area contributed by atoms with E-state index in [1.54, 1.807) is 0 Å². The number of rotatable bonds is 3. The van der Waals surface area contributed by atoms with Crippen molar-refractivity contribution in [1.29, 1.82) is 0 Å². The van der Waals surface area contributed by atoms with Crippen molar-refractivity contribution in [1.82, 2.24) is 9.88 Å². The van der Waals surface area contributed by atoms with Crippen molar-refractivity contribution in [3.05, 3.63) is 35.5 Å². The first-order valence-electron chi connectivity index (χ1n) is 7.25. The number of aromatic nitrogens is 1. The molecule has 4 heteroatoms. The molecule has 0 radical (unpaired) electrons. The van der Waals surface area contributed by atoms with E-state index in [1.807, 2.05) is 0 Å². The number of amides is 1. The van der Waals surface area contributed by atoms with Gasteiger partial charge in [-0.05, 0) is 30.9 Å². The summed E-state index contributed by atoms with van der Waals surface area (Å²) in [5.41, 5.74) is 9.44. The summed E-state index contributed by atoms with van der Waals surface area (Å²) in [4.78, 5) is 12.1. The fourth-order valence-corrected chi connectivity index (χ4v) is 3.29. The number of para-hydroxylation sites is 1. The van der Waals surface area contributed by atoms with Gasteiger partial charge in [0.25, 0.3) is 0 Å². The van der Waals surface area contributed by atoms with Crippen molar-refractivity contribution in [3.63, 3.8) is 0 Å². The van der Waals surface area contributed by atoms with Gasteiger partial charge in [0.2, 0.25) is 5.91 Å². The summed E-state index contributed by atoms with van der Waals surface area (Å²) >= 11 is 0. The predicted octanol–water partition coefficient (Wildman–Crippen LogP) is 1.36. The van der Waals surface area contributed by atoms with E-state index >= 15 is 0 Å². The maximum atomic E-state index is 12.1. The molecule has 1 aliphatic rings. The van der Waals surface area contributed by atoms with Gasteiger partial charge in [0.1, 0.15) is 0 Å². The quantitative estimate of drug-likeness (QED) is 0.885. The highest BCUT2D eigenvalue weighted by molar-refractivity contribution is 5.87. The van der Waals surface area contributed by atoms with Crippen LogP contribution in [0.25, 0.3) is 10.9 Å². The highest BCUT2D eigenvalue weighted by atomic mass is 16.1. The maximum Gasteiger partial charge on any atom is 0.223 e. The van der Waals surface area contributed by atoms with E-state index in [1.165, 1.54) is 22.2 Å². The number of fused-ring (bicyclic) bond motifs is 3. The molecule has 1 aromatic carbocycles. The molecule has 20 heavy (non-hydrogen) atoms. The minimum atomic E-state index is 0.0832.